The van der Waals surface area contributed by atoms with Gasteiger partial charge in [0.15, 0.2) is 6.61 Å². The van der Waals surface area contributed by atoms with Crippen molar-refractivity contribution < 1.29 is 28.5 Å². The summed E-state index contributed by atoms with van der Waals surface area (Å²) >= 11 is 0. The van der Waals surface area contributed by atoms with Crippen molar-refractivity contribution >= 4 is 11.9 Å². The fourth-order valence-electron chi connectivity index (χ4n) is 4.01. The summed E-state index contributed by atoms with van der Waals surface area (Å²) in [6, 6.07) is 24.4. The van der Waals surface area contributed by atoms with E-state index in [9.17, 15) is 9.59 Å². The number of carbonyl (C=O) groups is 2. The van der Waals surface area contributed by atoms with E-state index in [4.69, 9.17) is 14.2 Å². The van der Waals surface area contributed by atoms with Crippen LogP contribution in [0.4, 0.5) is 0 Å². The SMILES string of the molecule is CCCCc1ccc(-c2ccc(CN(Cc3ccc(OCC(=O)OC)cc3)C(=O)COCCOC)cc2)cc1. The molecule has 0 aliphatic carbocycles. The Kier molecular flexibility index (Phi) is 12.5. The molecular weight excluding hydrogens is 494 g/mol. The molecule has 0 fully saturated rings. The van der Waals surface area contributed by atoms with E-state index in [0.717, 1.165) is 23.1 Å². The van der Waals surface area contributed by atoms with Gasteiger partial charge in [0, 0.05) is 20.2 Å². The maximum atomic E-state index is 13.1. The first-order valence-corrected chi connectivity index (χ1v) is 13.3. The number of rotatable bonds is 16. The molecule has 0 spiro atoms. The molecule has 0 atom stereocenters. The third kappa shape index (κ3) is 10.2. The van der Waals surface area contributed by atoms with Crippen molar-refractivity contribution in [1.82, 2.24) is 4.90 Å². The van der Waals surface area contributed by atoms with Crippen LogP contribution in [0.3, 0.4) is 0 Å². The molecule has 0 aliphatic heterocycles. The zero-order valence-electron chi connectivity index (χ0n) is 23.2. The molecule has 7 heteroatoms. The highest BCUT2D eigenvalue weighted by Gasteiger charge is 2.16. The molecule has 7 nitrogen and oxygen atoms in total. The van der Waals surface area contributed by atoms with Gasteiger partial charge < -0.3 is 23.8 Å². The number of aryl methyl sites for hydroxylation is 1. The summed E-state index contributed by atoms with van der Waals surface area (Å²) in [6.45, 7) is 3.67. The number of hydrogen-bond donors (Lipinski definition) is 0. The lowest BCUT2D eigenvalue weighted by molar-refractivity contribution is -0.143. The number of benzene rings is 3. The Balaban J connectivity index is 1.67. The van der Waals surface area contributed by atoms with Gasteiger partial charge in [-0.1, -0.05) is 74.0 Å². The molecule has 3 aromatic carbocycles. The van der Waals surface area contributed by atoms with Gasteiger partial charge in [-0.05, 0) is 52.8 Å². The number of methoxy groups -OCH3 is 2. The summed E-state index contributed by atoms with van der Waals surface area (Å²) in [7, 11) is 2.92. The van der Waals surface area contributed by atoms with Crippen LogP contribution < -0.4 is 4.74 Å². The van der Waals surface area contributed by atoms with Gasteiger partial charge in [-0.15, -0.1) is 0 Å². The van der Waals surface area contributed by atoms with Crippen molar-refractivity contribution in [3.05, 3.63) is 89.5 Å². The summed E-state index contributed by atoms with van der Waals surface area (Å²) in [5.41, 5.74) is 5.65. The maximum absolute atomic E-state index is 13.1. The Morgan fingerprint density at radius 3 is 1.82 bits per heavy atom. The standard InChI is InChI=1S/C32H39NO6/c1-4-5-6-25-7-13-28(14-8-25)29-15-9-26(10-16-29)21-33(31(34)23-38-20-19-36-2)22-27-11-17-30(18-12-27)39-24-32(35)37-3/h7-18H,4-6,19-24H2,1-3H3. The van der Waals surface area contributed by atoms with Crippen molar-refractivity contribution in [2.75, 3.05) is 40.6 Å². The molecule has 0 heterocycles. The Morgan fingerprint density at radius 1 is 0.718 bits per heavy atom. The van der Waals surface area contributed by atoms with Gasteiger partial charge in [0.1, 0.15) is 12.4 Å². The zero-order valence-corrected chi connectivity index (χ0v) is 23.2. The predicted molar refractivity (Wildman–Crippen MR) is 151 cm³/mol. The summed E-state index contributed by atoms with van der Waals surface area (Å²) in [5.74, 6) is 0.00195. The van der Waals surface area contributed by atoms with Crippen molar-refractivity contribution in [2.45, 2.75) is 39.3 Å². The number of unbranched alkanes of at least 4 members (excludes halogenated alkanes) is 1. The van der Waals surface area contributed by atoms with E-state index in [1.807, 2.05) is 12.1 Å². The highest BCUT2D eigenvalue weighted by Crippen LogP contribution is 2.22. The van der Waals surface area contributed by atoms with Crippen LogP contribution in [0, 0.1) is 0 Å². The van der Waals surface area contributed by atoms with Crippen LogP contribution in [0.1, 0.15) is 36.5 Å². The fraction of sp³-hybridized carbons (Fsp3) is 0.375. The van der Waals surface area contributed by atoms with E-state index in [1.54, 1.807) is 24.1 Å². The van der Waals surface area contributed by atoms with Crippen molar-refractivity contribution in [2.24, 2.45) is 0 Å². The molecule has 0 N–H and O–H groups in total. The highest BCUT2D eigenvalue weighted by molar-refractivity contribution is 5.77. The van der Waals surface area contributed by atoms with E-state index in [2.05, 4.69) is 60.2 Å². The number of hydrogen-bond acceptors (Lipinski definition) is 6. The molecule has 0 aliphatic rings. The van der Waals surface area contributed by atoms with Gasteiger partial charge in [-0.2, -0.15) is 0 Å². The number of carbonyl (C=O) groups excluding carboxylic acids is 2. The topological polar surface area (TPSA) is 74.3 Å². The molecule has 0 saturated carbocycles. The minimum atomic E-state index is -0.445. The Hall–Kier alpha value is -3.68. The monoisotopic (exact) mass is 533 g/mol. The second-order valence-electron chi connectivity index (χ2n) is 9.30. The lowest BCUT2D eigenvalue weighted by atomic mass is 10.0. The van der Waals surface area contributed by atoms with Gasteiger partial charge in [0.05, 0.1) is 20.3 Å². The highest BCUT2D eigenvalue weighted by atomic mass is 16.6. The quantitative estimate of drug-likeness (QED) is 0.180. The van der Waals surface area contributed by atoms with Crippen LogP contribution in [0.25, 0.3) is 11.1 Å². The van der Waals surface area contributed by atoms with Crippen molar-refractivity contribution in [3.8, 4) is 16.9 Å². The van der Waals surface area contributed by atoms with E-state index >= 15 is 0 Å². The van der Waals surface area contributed by atoms with E-state index in [0.29, 0.717) is 32.1 Å². The number of ether oxygens (including phenoxy) is 4. The molecule has 1 amide bonds. The predicted octanol–water partition coefficient (Wildman–Crippen LogP) is 5.44. The van der Waals surface area contributed by atoms with Crippen LogP contribution in [0.15, 0.2) is 72.8 Å². The average molecular weight is 534 g/mol. The number of amides is 1. The van der Waals surface area contributed by atoms with Crippen LogP contribution >= 0.6 is 0 Å². The zero-order chi connectivity index (χ0) is 27.9. The van der Waals surface area contributed by atoms with Gasteiger partial charge in [-0.3, -0.25) is 4.79 Å². The third-order valence-electron chi connectivity index (χ3n) is 6.32. The molecule has 208 valence electrons. The van der Waals surface area contributed by atoms with E-state index in [-0.39, 0.29) is 19.1 Å². The summed E-state index contributed by atoms with van der Waals surface area (Å²) in [5, 5.41) is 0. The minimum absolute atomic E-state index is 0.0217. The Bertz CT molecular complexity index is 1140. The Morgan fingerprint density at radius 2 is 1.28 bits per heavy atom. The lowest BCUT2D eigenvalue weighted by Gasteiger charge is -2.23. The molecular formula is C32H39NO6. The van der Waals surface area contributed by atoms with Crippen molar-refractivity contribution in [1.29, 1.82) is 0 Å². The summed E-state index contributed by atoms with van der Waals surface area (Å²) in [4.78, 5) is 26.2. The molecule has 0 aromatic heterocycles. The number of nitrogens with zero attached hydrogens (tertiary/aromatic N) is 1. The normalized spacial score (nSPS) is 10.7. The summed E-state index contributed by atoms with van der Waals surface area (Å²) < 4.78 is 20.5. The van der Waals surface area contributed by atoms with Gasteiger partial charge >= 0.3 is 5.97 Å². The second kappa shape index (κ2) is 16.3. The molecule has 0 saturated heterocycles. The third-order valence-corrected chi connectivity index (χ3v) is 6.32. The average Bonchev–Trinajstić information content (AvgIpc) is 2.98. The molecule has 0 bridgehead atoms. The number of esters is 1. The van der Waals surface area contributed by atoms with E-state index < -0.39 is 5.97 Å². The molecule has 39 heavy (non-hydrogen) atoms. The second-order valence-corrected chi connectivity index (χ2v) is 9.30. The maximum Gasteiger partial charge on any atom is 0.343 e. The minimum Gasteiger partial charge on any atom is -0.482 e. The van der Waals surface area contributed by atoms with Crippen LogP contribution in [0.5, 0.6) is 5.75 Å². The van der Waals surface area contributed by atoms with Crippen LogP contribution in [-0.4, -0.2) is 57.4 Å². The summed E-state index contributed by atoms with van der Waals surface area (Å²) in [6.07, 6.45) is 3.50. The van der Waals surface area contributed by atoms with Crippen molar-refractivity contribution in [3.63, 3.8) is 0 Å². The molecule has 3 aromatic rings. The first-order valence-electron chi connectivity index (χ1n) is 13.3. The van der Waals surface area contributed by atoms with Crippen LogP contribution in [-0.2, 0) is 43.3 Å². The fourth-order valence-corrected chi connectivity index (χ4v) is 4.01. The molecule has 0 radical (unpaired) electrons. The van der Waals surface area contributed by atoms with Gasteiger partial charge in [0.2, 0.25) is 5.91 Å². The van der Waals surface area contributed by atoms with Gasteiger partial charge in [-0.25, -0.2) is 4.79 Å². The molecule has 3 rings (SSSR count). The smallest absolute Gasteiger partial charge is 0.343 e. The first-order chi connectivity index (χ1) is 19.0. The lowest BCUT2D eigenvalue weighted by Crippen LogP contribution is -2.33. The van der Waals surface area contributed by atoms with Gasteiger partial charge in [0.25, 0.3) is 0 Å². The molecule has 0 unspecified atom stereocenters. The first kappa shape index (κ1) is 29.9. The van der Waals surface area contributed by atoms with Crippen LogP contribution in [0.2, 0.25) is 0 Å². The Labute approximate surface area is 231 Å². The largest absolute Gasteiger partial charge is 0.482 e. The van der Waals surface area contributed by atoms with E-state index in [1.165, 1.54) is 31.1 Å².